The van der Waals surface area contributed by atoms with E-state index in [2.05, 4.69) is 5.32 Å². The van der Waals surface area contributed by atoms with E-state index in [1.165, 1.54) is 6.26 Å². The highest BCUT2D eigenvalue weighted by Gasteiger charge is 2.18. The summed E-state index contributed by atoms with van der Waals surface area (Å²) in [4.78, 5) is 10.6. The molecule has 1 aromatic rings. The summed E-state index contributed by atoms with van der Waals surface area (Å²) in [6.45, 7) is 1.90. The molecule has 1 aromatic carbocycles. The number of aromatic carboxylic acids is 1. The van der Waals surface area contributed by atoms with Gasteiger partial charge in [-0.2, -0.15) is 0 Å². The molecule has 0 fully saturated rings. The third-order valence-corrected chi connectivity index (χ3v) is 3.76. The van der Waals surface area contributed by atoms with Gasteiger partial charge >= 0.3 is 5.97 Å². The average Bonchev–Trinajstić information content (AvgIpc) is 2.30. The van der Waals surface area contributed by atoms with E-state index in [1.807, 2.05) is 0 Å². The summed E-state index contributed by atoms with van der Waals surface area (Å²) in [5.74, 6) is -4.18. The Hall–Kier alpha value is -1.50. The van der Waals surface area contributed by atoms with Gasteiger partial charge in [-0.05, 0) is 19.1 Å². The molecule has 7 heteroatoms. The molecule has 2 unspecified atom stereocenters. The number of halogens is 2. The first-order valence-corrected chi connectivity index (χ1v) is 6.74. The van der Waals surface area contributed by atoms with E-state index in [4.69, 9.17) is 5.11 Å². The molecule has 0 heterocycles. The Bertz CT molecular complexity index is 493. The van der Waals surface area contributed by atoms with Crippen molar-refractivity contribution < 1.29 is 22.9 Å². The molecular formula is C11H13F2NO3S. The van der Waals surface area contributed by atoms with Crippen LogP contribution in [0.15, 0.2) is 12.1 Å². The lowest BCUT2D eigenvalue weighted by Gasteiger charge is -2.12. The summed E-state index contributed by atoms with van der Waals surface area (Å²) in [5.41, 5.74) is -0.861. The SMILES string of the molecule is CC(CNc1ccc(C(=O)O)c(F)c1F)S(C)=O. The van der Waals surface area contributed by atoms with Gasteiger partial charge in [0.05, 0.1) is 11.3 Å². The number of nitrogens with one attached hydrogen (secondary N) is 1. The average molecular weight is 277 g/mol. The van der Waals surface area contributed by atoms with Crippen LogP contribution in [0.25, 0.3) is 0 Å². The minimum atomic E-state index is -1.53. The quantitative estimate of drug-likeness (QED) is 0.862. The molecule has 0 spiro atoms. The maximum Gasteiger partial charge on any atom is 0.338 e. The summed E-state index contributed by atoms with van der Waals surface area (Å²) >= 11 is 0. The molecule has 1 rings (SSSR count). The maximum absolute atomic E-state index is 13.5. The Labute approximate surface area is 105 Å². The topological polar surface area (TPSA) is 66.4 Å². The summed E-state index contributed by atoms with van der Waals surface area (Å²) < 4.78 is 37.9. The minimum Gasteiger partial charge on any atom is -0.478 e. The Morgan fingerprint density at radius 3 is 2.56 bits per heavy atom. The second-order valence-electron chi connectivity index (χ2n) is 3.78. The van der Waals surface area contributed by atoms with Crippen LogP contribution in [0.2, 0.25) is 0 Å². The van der Waals surface area contributed by atoms with Crippen molar-refractivity contribution in [1.29, 1.82) is 0 Å². The minimum absolute atomic E-state index is 0.144. The number of anilines is 1. The van der Waals surface area contributed by atoms with Gasteiger partial charge in [-0.1, -0.05) is 0 Å². The number of carboxylic acids is 1. The molecule has 0 aliphatic heterocycles. The van der Waals surface area contributed by atoms with Gasteiger partial charge in [-0.3, -0.25) is 4.21 Å². The summed E-state index contributed by atoms with van der Waals surface area (Å²) in [7, 11) is -1.08. The molecule has 18 heavy (non-hydrogen) atoms. The van der Waals surface area contributed by atoms with E-state index in [0.717, 1.165) is 12.1 Å². The van der Waals surface area contributed by atoms with E-state index < -0.39 is 34.0 Å². The Morgan fingerprint density at radius 2 is 2.06 bits per heavy atom. The van der Waals surface area contributed by atoms with Crippen LogP contribution in [0.5, 0.6) is 0 Å². The standard InChI is InChI=1S/C11H13F2NO3S/c1-6(18(2)17)5-14-8-4-3-7(11(15)16)9(12)10(8)13/h3-4,6,14H,5H2,1-2H3,(H,15,16). The molecule has 0 saturated heterocycles. The molecule has 100 valence electrons. The van der Waals surface area contributed by atoms with Gasteiger partial charge in [0.15, 0.2) is 11.6 Å². The van der Waals surface area contributed by atoms with Crippen LogP contribution >= 0.6 is 0 Å². The first kappa shape index (κ1) is 14.6. The molecule has 2 atom stereocenters. The Kier molecular flexibility index (Phi) is 4.77. The van der Waals surface area contributed by atoms with Gasteiger partial charge in [0.1, 0.15) is 0 Å². The van der Waals surface area contributed by atoms with Gasteiger partial charge in [-0.25, -0.2) is 13.6 Å². The lowest BCUT2D eigenvalue weighted by atomic mass is 10.2. The van der Waals surface area contributed by atoms with Gasteiger partial charge in [0.2, 0.25) is 0 Å². The zero-order valence-electron chi connectivity index (χ0n) is 9.87. The zero-order chi connectivity index (χ0) is 13.9. The third-order valence-electron chi connectivity index (χ3n) is 2.46. The van der Waals surface area contributed by atoms with Crippen LogP contribution < -0.4 is 5.32 Å². The van der Waals surface area contributed by atoms with Crippen molar-refractivity contribution >= 4 is 22.5 Å². The van der Waals surface area contributed by atoms with E-state index >= 15 is 0 Å². The maximum atomic E-state index is 13.5. The second-order valence-corrected chi connectivity index (χ2v) is 5.59. The van der Waals surface area contributed by atoms with Crippen molar-refractivity contribution in [2.45, 2.75) is 12.2 Å². The molecule has 0 radical (unpaired) electrons. The van der Waals surface area contributed by atoms with Crippen LogP contribution in [0.4, 0.5) is 14.5 Å². The predicted octanol–water partition coefficient (Wildman–Crippen LogP) is 1.84. The second kappa shape index (κ2) is 5.90. The first-order valence-electron chi connectivity index (χ1n) is 5.12. The van der Waals surface area contributed by atoms with Crippen LogP contribution in [-0.4, -0.2) is 33.3 Å². The van der Waals surface area contributed by atoms with E-state index in [1.54, 1.807) is 6.92 Å². The number of benzene rings is 1. The highest BCUT2D eigenvalue weighted by Crippen LogP contribution is 2.20. The fraction of sp³-hybridized carbons (Fsp3) is 0.364. The highest BCUT2D eigenvalue weighted by atomic mass is 32.2. The summed E-state index contributed by atoms with van der Waals surface area (Å²) in [5, 5.41) is 11.0. The molecular weight excluding hydrogens is 264 g/mol. The van der Waals surface area contributed by atoms with Gasteiger partial charge < -0.3 is 10.4 Å². The van der Waals surface area contributed by atoms with Crippen LogP contribution in [-0.2, 0) is 10.8 Å². The molecule has 2 N–H and O–H groups in total. The fourth-order valence-electron chi connectivity index (χ4n) is 1.22. The van der Waals surface area contributed by atoms with Gasteiger partial charge in [0, 0.05) is 28.9 Å². The number of rotatable bonds is 5. The Balaban J connectivity index is 2.89. The van der Waals surface area contributed by atoms with Crippen molar-refractivity contribution in [3.63, 3.8) is 0 Å². The molecule has 0 saturated carbocycles. The molecule has 0 amide bonds. The number of carboxylic acid groups (broad SMARTS) is 1. The largest absolute Gasteiger partial charge is 0.478 e. The molecule has 0 aromatic heterocycles. The lowest BCUT2D eigenvalue weighted by molar-refractivity contribution is 0.0690. The normalized spacial score (nSPS) is 14.0. The van der Waals surface area contributed by atoms with Crippen molar-refractivity contribution in [2.75, 3.05) is 18.1 Å². The van der Waals surface area contributed by atoms with E-state index in [9.17, 15) is 17.8 Å². The fourth-order valence-corrected chi connectivity index (χ4v) is 1.54. The Morgan fingerprint density at radius 1 is 1.44 bits per heavy atom. The molecule has 4 nitrogen and oxygen atoms in total. The zero-order valence-corrected chi connectivity index (χ0v) is 10.7. The molecule has 0 bridgehead atoms. The molecule has 0 aliphatic carbocycles. The summed E-state index contributed by atoms with van der Waals surface area (Å²) in [6, 6.07) is 2.13. The third kappa shape index (κ3) is 3.25. The van der Waals surface area contributed by atoms with E-state index in [-0.39, 0.29) is 17.5 Å². The first-order chi connectivity index (χ1) is 8.34. The number of hydrogen-bond donors (Lipinski definition) is 2. The van der Waals surface area contributed by atoms with E-state index in [0.29, 0.717) is 0 Å². The van der Waals surface area contributed by atoms with Crippen LogP contribution in [0.1, 0.15) is 17.3 Å². The smallest absolute Gasteiger partial charge is 0.338 e. The summed E-state index contributed by atoms with van der Waals surface area (Å²) in [6.07, 6.45) is 1.51. The number of hydrogen-bond acceptors (Lipinski definition) is 3. The van der Waals surface area contributed by atoms with Gasteiger partial charge in [-0.15, -0.1) is 0 Å². The predicted molar refractivity (Wildman–Crippen MR) is 65.3 cm³/mol. The number of carbonyl (C=O) groups is 1. The van der Waals surface area contributed by atoms with Crippen LogP contribution in [0.3, 0.4) is 0 Å². The molecule has 0 aliphatic rings. The lowest BCUT2D eigenvalue weighted by Crippen LogP contribution is -2.21. The van der Waals surface area contributed by atoms with Crippen molar-refractivity contribution in [3.8, 4) is 0 Å². The van der Waals surface area contributed by atoms with Crippen LogP contribution in [0, 0.1) is 11.6 Å². The van der Waals surface area contributed by atoms with Gasteiger partial charge in [0.25, 0.3) is 0 Å². The van der Waals surface area contributed by atoms with Crippen molar-refractivity contribution in [3.05, 3.63) is 29.3 Å². The monoisotopic (exact) mass is 277 g/mol. The van der Waals surface area contributed by atoms with Crippen molar-refractivity contribution in [1.82, 2.24) is 0 Å². The highest BCUT2D eigenvalue weighted by molar-refractivity contribution is 7.84. The van der Waals surface area contributed by atoms with Crippen molar-refractivity contribution in [2.24, 2.45) is 0 Å².